The Kier molecular flexibility index (Phi) is 5.98. The SMILES string of the molecule is CCOCC1(COCC)Cc2c(cc(C)c(-c3cccc(C=O)c3)c2C)O1. The van der Waals surface area contributed by atoms with Crippen LogP contribution in [0.15, 0.2) is 30.3 Å². The molecule has 0 amide bonds. The van der Waals surface area contributed by atoms with Gasteiger partial charge in [0.25, 0.3) is 0 Å². The molecule has 0 fully saturated rings. The molecule has 0 saturated heterocycles. The first-order valence-electron chi connectivity index (χ1n) is 9.56. The van der Waals surface area contributed by atoms with Crippen LogP contribution in [0.4, 0.5) is 0 Å². The summed E-state index contributed by atoms with van der Waals surface area (Å²) >= 11 is 0. The highest BCUT2D eigenvalue weighted by molar-refractivity contribution is 5.81. The molecular weight excluding hydrogens is 340 g/mol. The van der Waals surface area contributed by atoms with Crippen molar-refractivity contribution in [3.63, 3.8) is 0 Å². The van der Waals surface area contributed by atoms with Crippen molar-refractivity contribution in [2.75, 3.05) is 26.4 Å². The summed E-state index contributed by atoms with van der Waals surface area (Å²) < 4.78 is 17.8. The molecular formula is C23H28O4. The van der Waals surface area contributed by atoms with Gasteiger partial charge in [0.05, 0.1) is 13.2 Å². The van der Waals surface area contributed by atoms with Crippen LogP contribution in [0.1, 0.15) is 40.9 Å². The fourth-order valence-corrected chi connectivity index (χ4v) is 3.88. The minimum absolute atomic E-state index is 0.477. The second-order valence-corrected chi connectivity index (χ2v) is 7.15. The zero-order valence-corrected chi connectivity index (χ0v) is 16.6. The molecule has 144 valence electrons. The fourth-order valence-electron chi connectivity index (χ4n) is 3.88. The third-order valence-electron chi connectivity index (χ3n) is 5.14. The molecule has 0 bridgehead atoms. The van der Waals surface area contributed by atoms with E-state index in [1.54, 1.807) is 0 Å². The van der Waals surface area contributed by atoms with Gasteiger partial charge in [0.1, 0.15) is 12.0 Å². The maximum atomic E-state index is 11.2. The van der Waals surface area contributed by atoms with Crippen LogP contribution in [0, 0.1) is 13.8 Å². The second kappa shape index (κ2) is 8.24. The van der Waals surface area contributed by atoms with Crippen molar-refractivity contribution in [2.45, 2.75) is 39.7 Å². The number of fused-ring (bicyclic) bond motifs is 1. The quantitative estimate of drug-likeness (QED) is 0.642. The summed E-state index contributed by atoms with van der Waals surface area (Å²) in [5.41, 5.74) is 5.97. The molecule has 3 rings (SSSR count). The van der Waals surface area contributed by atoms with Crippen molar-refractivity contribution in [3.8, 4) is 16.9 Å². The predicted molar refractivity (Wildman–Crippen MR) is 107 cm³/mol. The van der Waals surface area contributed by atoms with Crippen LogP contribution in [0.5, 0.6) is 5.75 Å². The zero-order valence-electron chi connectivity index (χ0n) is 16.6. The van der Waals surface area contributed by atoms with Gasteiger partial charge in [0, 0.05) is 30.8 Å². The molecule has 0 aromatic heterocycles. The van der Waals surface area contributed by atoms with Crippen LogP contribution < -0.4 is 4.74 Å². The Morgan fingerprint density at radius 2 is 1.81 bits per heavy atom. The molecule has 4 nitrogen and oxygen atoms in total. The molecule has 0 N–H and O–H groups in total. The molecule has 1 aliphatic heterocycles. The number of hydrogen-bond donors (Lipinski definition) is 0. The third-order valence-corrected chi connectivity index (χ3v) is 5.14. The monoisotopic (exact) mass is 368 g/mol. The Hall–Kier alpha value is -2.17. The van der Waals surface area contributed by atoms with E-state index in [0.29, 0.717) is 32.0 Å². The lowest BCUT2D eigenvalue weighted by Gasteiger charge is -2.28. The topological polar surface area (TPSA) is 44.8 Å². The first-order chi connectivity index (χ1) is 13.0. The van der Waals surface area contributed by atoms with Crippen molar-refractivity contribution >= 4 is 6.29 Å². The van der Waals surface area contributed by atoms with E-state index in [1.165, 1.54) is 16.7 Å². The van der Waals surface area contributed by atoms with E-state index in [0.717, 1.165) is 29.6 Å². The molecule has 0 radical (unpaired) electrons. The summed E-state index contributed by atoms with van der Waals surface area (Å²) in [7, 11) is 0. The number of carbonyl (C=O) groups excluding carboxylic acids is 1. The lowest BCUT2D eigenvalue weighted by atomic mass is 9.88. The predicted octanol–water partition coefficient (Wildman–Crippen LogP) is 4.53. The molecule has 0 saturated carbocycles. The van der Waals surface area contributed by atoms with Gasteiger partial charge in [0.2, 0.25) is 0 Å². The van der Waals surface area contributed by atoms with Crippen LogP contribution in [0.3, 0.4) is 0 Å². The van der Waals surface area contributed by atoms with Gasteiger partial charge in [0.15, 0.2) is 5.60 Å². The van der Waals surface area contributed by atoms with E-state index >= 15 is 0 Å². The molecule has 0 aliphatic carbocycles. The summed E-state index contributed by atoms with van der Waals surface area (Å²) in [6.07, 6.45) is 1.65. The first kappa shape index (κ1) is 19.6. The minimum Gasteiger partial charge on any atom is -0.482 e. The second-order valence-electron chi connectivity index (χ2n) is 7.15. The largest absolute Gasteiger partial charge is 0.482 e. The van der Waals surface area contributed by atoms with Crippen molar-refractivity contribution < 1.29 is 19.0 Å². The Labute approximate surface area is 161 Å². The summed E-state index contributed by atoms with van der Waals surface area (Å²) in [4.78, 5) is 11.2. The maximum Gasteiger partial charge on any atom is 0.159 e. The number of aldehydes is 1. The lowest BCUT2D eigenvalue weighted by molar-refractivity contribution is -0.0632. The highest BCUT2D eigenvalue weighted by atomic mass is 16.6. The van der Waals surface area contributed by atoms with Crippen LogP contribution in [-0.2, 0) is 15.9 Å². The molecule has 27 heavy (non-hydrogen) atoms. The van der Waals surface area contributed by atoms with Gasteiger partial charge >= 0.3 is 0 Å². The van der Waals surface area contributed by atoms with Crippen LogP contribution in [0.2, 0.25) is 0 Å². The molecule has 1 aliphatic rings. The van der Waals surface area contributed by atoms with Crippen molar-refractivity contribution in [1.82, 2.24) is 0 Å². The Morgan fingerprint density at radius 1 is 1.11 bits per heavy atom. The fraction of sp³-hybridized carbons (Fsp3) is 0.435. The molecule has 4 heteroatoms. The van der Waals surface area contributed by atoms with Crippen LogP contribution in [-0.4, -0.2) is 38.3 Å². The smallest absolute Gasteiger partial charge is 0.159 e. The number of hydrogen-bond acceptors (Lipinski definition) is 4. The summed E-state index contributed by atoms with van der Waals surface area (Å²) in [5, 5.41) is 0. The molecule has 2 aromatic carbocycles. The number of aryl methyl sites for hydroxylation is 1. The summed E-state index contributed by atoms with van der Waals surface area (Å²) in [6, 6.07) is 9.85. The van der Waals surface area contributed by atoms with Crippen LogP contribution >= 0.6 is 0 Å². The van der Waals surface area contributed by atoms with Gasteiger partial charge in [-0.25, -0.2) is 0 Å². The van der Waals surface area contributed by atoms with E-state index in [1.807, 2.05) is 32.0 Å². The number of ether oxygens (including phenoxy) is 3. The normalized spacial score (nSPS) is 14.7. The zero-order chi connectivity index (χ0) is 19.4. The summed E-state index contributed by atoms with van der Waals surface area (Å²) in [6.45, 7) is 10.5. The third kappa shape index (κ3) is 3.92. The van der Waals surface area contributed by atoms with E-state index in [9.17, 15) is 4.79 Å². The van der Waals surface area contributed by atoms with Gasteiger partial charge in [-0.1, -0.05) is 18.2 Å². The van der Waals surface area contributed by atoms with Gasteiger partial charge in [-0.05, 0) is 62.1 Å². The van der Waals surface area contributed by atoms with Crippen molar-refractivity contribution in [3.05, 3.63) is 52.6 Å². The van der Waals surface area contributed by atoms with Crippen molar-refractivity contribution in [1.29, 1.82) is 0 Å². The maximum absolute atomic E-state index is 11.2. The Morgan fingerprint density at radius 3 is 2.44 bits per heavy atom. The molecule has 0 unspecified atom stereocenters. The Bertz CT molecular complexity index is 817. The first-order valence-corrected chi connectivity index (χ1v) is 9.56. The van der Waals surface area contributed by atoms with Crippen molar-refractivity contribution in [2.24, 2.45) is 0 Å². The van der Waals surface area contributed by atoms with E-state index < -0.39 is 5.60 Å². The van der Waals surface area contributed by atoms with Gasteiger partial charge in [-0.3, -0.25) is 4.79 Å². The molecule has 1 heterocycles. The number of benzene rings is 2. The molecule has 2 aromatic rings. The minimum atomic E-state index is -0.477. The molecule has 0 spiro atoms. The number of rotatable bonds is 8. The van der Waals surface area contributed by atoms with Crippen LogP contribution in [0.25, 0.3) is 11.1 Å². The van der Waals surface area contributed by atoms with Gasteiger partial charge in [-0.2, -0.15) is 0 Å². The Balaban J connectivity index is 2.01. The average Bonchev–Trinajstić information content (AvgIpc) is 3.04. The highest BCUT2D eigenvalue weighted by Gasteiger charge is 2.41. The van der Waals surface area contributed by atoms with E-state index in [-0.39, 0.29) is 0 Å². The van der Waals surface area contributed by atoms with E-state index in [4.69, 9.17) is 14.2 Å². The van der Waals surface area contributed by atoms with E-state index in [2.05, 4.69) is 26.0 Å². The highest BCUT2D eigenvalue weighted by Crippen LogP contribution is 2.43. The van der Waals surface area contributed by atoms with Gasteiger partial charge < -0.3 is 14.2 Å². The summed E-state index contributed by atoms with van der Waals surface area (Å²) in [5.74, 6) is 0.916. The lowest BCUT2D eigenvalue weighted by Crippen LogP contribution is -2.44. The standard InChI is InChI=1S/C23H28O4/c1-5-25-14-23(15-26-6-2)12-20-17(4)22(16(3)10-21(20)27-23)19-9-7-8-18(11-19)13-24/h7-11,13H,5-6,12,14-15H2,1-4H3. The average molecular weight is 368 g/mol. The molecule has 0 atom stereocenters. The number of carbonyl (C=O) groups is 1. The van der Waals surface area contributed by atoms with Gasteiger partial charge in [-0.15, -0.1) is 0 Å².